The lowest BCUT2D eigenvalue weighted by Gasteiger charge is -2.13. The Hall–Kier alpha value is -1.76. The van der Waals surface area contributed by atoms with Gasteiger partial charge in [-0.1, -0.05) is 48.0 Å². The first-order chi connectivity index (χ1) is 11.7. The average Bonchev–Trinajstić information content (AvgIpc) is 2.62. The Morgan fingerprint density at radius 3 is 2.24 bits per heavy atom. The van der Waals surface area contributed by atoms with Crippen LogP contribution >= 0.6 is 24.0 Å². The highest BCUT2D eigenvalue weighted by molar-refractivity contribution is 14.0. The van der Waals surface area contributed by atoms with Crippen LogP contribution in [0.2, 0.25) is 0 Å². The number of halogens is 1. The summed E-state index contributed by atoms with van der Waals surface area (Å²) in [4.78, 5) is 4.27. The van der Waals surface area contributed by atoms with E-state index in [0.717, 1.165) is 37.6 Å². The molecule has 0 spiro atoms. The Morgan fingerprint density at radius 1 is 0.960 bits per heavy atom. The predicted molar refractivity (Wildman–Crippen MR) is 116 cm³/mol. The number of aliphatic imine (C=N–C) groups is 1. The van der Waals surface area contributed by atoms with Crippen LogP contribution in [0.25, 0.3) is 0 Å². The molecule has 0 atom stereocenters. The molecule has 4 nitrogen and oxygen atoms in total. The molecule has 0 heterocycles. The number of benzene rings is 2. The van der Waals surface area contributed by atoms with Crippen LogP contribution in [0.1, 0.15) is 16.7 Å². The van der Waals surface area contributed by atoms with Gasteiger partial charge in [-0.25, -0.2) is 0 Å². The lowest BCUT2D eigenvalue weighted by atomic mass is 10.1. The number of rotatable bonds is 7. The fourth-order valence-electron chi connectivity index (χ4n) is 2.53. The van der Waals surface area contributed by atoms with Gasteiger partial charge in [0.2, 0.25) is 0 Å². The van der Waals surface area contributed by atoms with Gasteiger partial charge in [0.1, 0.15) is 5.75 Å². The second-order valence-corrected chi connectivity index (χ2v) is 5.72. The van der Waals surface area contributed by atoms with Gasteiger partial charge in [0, 0.05) is 20.1 Å². The first kappa shape index (κ1) is 21.3. The normalized spacial score (nSPS) is 10.8. The standard InChI is InChI=1S/C20H27N3O.HI/c1-16-8-10-17(11-9-16)12-14-22-20(21-2)23-15-13-18-6-4-5-7-19(18)24-3;/h4-11H,12-15H2,1-3H3,(H2,21,22,23);1H. The molecular formula is C20H28IN3O. The topological polar surface area (TPSA) is 45.7 Å². The fourth-order valence-corrected chi connectivity index (χ4v) is 2.53. The molecule has 2 rings (SSSR count). The second-order valence-electron chi connectivity index (χ2n) is 5.72. The van der Waals surface area contributed by atoms with Crippen molar-refractivity contribution in [3.8, 4) is 5.75 Å². The molecule has 5 heteroatoms. The highest BCUT2D eigenvalue weighted by Gasteiger charge is 2.02. The molecule has 136 valence electrons. The highest BCUT2D eigenvalue weighted by atomic mass is 127. The van der Waals surface area contributed by atoms with Gasteiger partial charge in [-0.05, 0) is 37.0 Å². The molecule has 0 radical (unpaired) electrons. The van der Waals surface area contributed by atoms with Crippen molar-refractivity contribution in [2.24, 2.45) is 4.99 Å². The van der Waals surface area contributed by atoms with Crippen molar-refractivity contribution in [2.75, 3.05) is 27.2 Å². The van der Waals surface area contributed by atoms with Gasteiger partial charge in [0.05, 0.1) is 7.11 Å². The maximum atomic E-state index is 5.38. The molecule has 0 saturated heterocycles. The van der Waals surface area contributed by atoms with Crippen molar-refractivity contribution in [3.05, 3.63) is 65.2 Å². The van der Waals surface area contributed by atoms with E-state index in [-0.39, 0.29) is 24.0 Å². The van der Waals surface area contributed by atoms with E-state index in [0.29, 0.717) is 0 Å². The lowest BCUT2D eigenvalue weighted by molar-refractivity contribution is 0.409. The van der Waals surface area contributed by atoms with Crippen LogP contribution in [0.5, 0.6) is 5.75 Å². The summed E-state index contributed by atoms with van der Waals surface area (Å²) in [5.74, 6) is 1.76. The lowest BCUT2D eigenvalue weighted by Crippen LogP contribution is -2.39. The van der Waals surface area contributed by atoms with Crippen LogP contribution in [-0.4, -0.2) is 33.2 Å². The molecule has 0 amide bonds. The number of nitrogens with zero attached hydrogens (tertiary/aromatic N) is 1. The minimum absolute atomic E-state index is 0. The summed E-state index contributed by atoms with van der Waals surface area (Å²) in [6.45, 7) is 3.78. The molecule has 25 heavy (non-hydrogen) atoms. The monoisotopic (exact) mass is 453 g/mol. The van der Waals surface area contributed by atoms with E-state index in [1.54, 1.807) is 14.2 Å². The molecule has 2 N–H and O–H groups in total. The average molecular weight is 453 g/mol. The third-order valence-electron chi connectivity index (χ3n) is 3.93. The molecule has 0 aromatic heterocycles. The molecule has 0 aliphatic carbocycles. The van der Waals surface area contributed by atoms with E-state index in [2.05, 4.69) is 52.9 Å². The number of hydrogen-bond acceptors (Lipinski definition) is 2. The zero-order valence-corrected chi connectivity index (χ0v) is 17.5. The number of nitrogens with one attached hydrogen (secondary N) is 2. The minimum Gasteiger partial charge on any atom is -0.496 e. The van der Waals surface area contributed by atoms with E-state index in [4.69, 9.17) is 4.74 Å². The van der Waals surface area contributed by atoms with E-state index in [9.17, 15) is 0 Å². The Kier molecular flexibility index (Phi) is 9.99. The van der Waals surface area contributed by atoms with E-state index in [1.807, 2.05) is 18.2 Å². The van der Waals surface area contributed by atoms with Gasteiger partial charge in [-0.3, -0.25) is 4.99 Å². The first-order valence-corrected chi connectivity index (χ1v) is 8.35. The minimum atomic E-state index is 0. The largest absolute Gasteiger partial charge is 0.496 e. The molecule has 0 fully saturated rings. The number of aryl methyl sites for hydroxylation is 1. The highest BCUT2D eigenvalue weighted by Crippen LogP contribution is 2.17. The number of hydrogen-bond donors (Lipinski definition) is 2. The number of methoxy groups -OCH3 is 1. The maximum Gasteiger partial charge on any atom is 0.190 e. The summed E-state index contributed by atoms with van der Waals surface area (Å²) in [5, 5.41) is 6.70. The van der Waals surface area contributed by atoms with Crippen molar-refractivity contribution in [2.45, 2.75) is 19.8 Å². The van der Waals surface area contributed by atoms with Crippen LogP contribution in [0.15, 0.2) is 53.5 Å². The summed E-state index contributed by atoms with van der Waals surface area (Å²) in [7, 11) is 3.50. The Balaban J connectivity index is 0.00000312. The molecular weight excluding hydrogens is 425 g/mol. The van der Waals surface area contributed by atoms with Crippen LogP contribution < -0.4 is 15.4 Å². The predicted octanol–water partition coefficient (Wildman–Crippen LogP) is 3.57. The second kappa shape index (κ2) is 11.7. The molecule has 0 aliphatic heterocycles. The maximum absolute atomic E-state index is 5.38. The van der Waals surface area contributed by atoms with Crippen LogP contribution in [0, 0.1) is 6.92 Å². The smallest absolute Gasteiger partial charge is 0.190 e. The Morgan fingerprint density at radius 2 is 1.60 bits per heavy atom. The van der Waals surface area contributed by atoms with Crippen molar-refractivity contribution in [1.82, 2.24) is 10.6 Å². The zero-order chi connectivity index (χ0) is 17.2. The van der Waals surface area contributed by atoms with Crippen molar-refractivity contribution in [3.63, 3.8) is 0 Å². The van der Waals surface area contributed by atoms with E-state index >= 15 is 0 Å². The van der Waals surface area contributed by atoms with E-state index < -0.39 is 0 Å². The molecule has 2 aromatic rings. The van der Waals surface area contributed by atoms with Crippen molar-refractivity contribution < 1.29 is 4.74 Å². The third-order valence-corrected chi connectivity index (χ3v) is 3.93. The summed E-state index contributed by atoms with van der Waals surface area (Å²) in [5.41, 5.74) is 3.82. The van der Waals surface area contributed by atoms with Gasteiger partial charge in [-0.2, -0.15) is 0 Å². The number of ether oxygens (including phenoxy) is 1. The van der Waals surface area contributed by atoms with Gasteiger partial charge in [0.25, 0.3) is 0 Å². The van der Waals surface area contributed by atoms with Crippen LogP contribution in [0.4, 0.5) is 0 Å². The zero-order valence-electron chi connectivity index (χ0n) is 15.2. The molecule has 0 aliphatic rings. The van der Waals surface area contributed by atoms with Gasteiger partial charge in [0.15, 0.2) is 5.96 Å². The summed E-state index contributed by atoms with van der Waals surface area (Å²) < 4.78 is 5.38. The molecule has 2 aromatic carbocycles. The molecule has 0 unspecified atom stereocenters. The molecule has 0 saturated carbocycles. The fraction of sp³-hybridized carbons (Fsp3) is 0.350. The van der Waals surface area contributed by atoms with Gasteiger partial charge >= 0.3 is 0 Å². The Bertz CT molecular complexity index is 656. The third kappa shape index (κ3) is 7.34. The molecule has 0 bridgehead atoms. The van der Waals surface area contributed by atoms with E-state index in [1.165, 1.54) is 16.7 Å². The van der Waals surface area contributed by atoms with Crippen molar-refractivity contribution >= 4 is 29.9 Å². The van der Waals surface area contributed by atoms with Crippen LogP contribution in [-0.2, 0) is 12.8 Å². The summed E-state index contributed by atoms with van der Waals surface area (Å²) in [6.07, 6.45) is 1.87. The first-order valence-electron chi connectivity index (χ1n) is 8.35. The van der Waals surface area contributed by atoms with Crippen LogP contribution in [0.3, 0.4) is 0 Å². The quantitative estimate of drug-likeness (QED) is 0.383. The summed E-state index contributed by atoms with van der Waals surface area (Å²) >= 11 is 0. The van der Waals surface area contributed by atoms with Gasteiger partial charge in [-0.15, -0.1) is 24.0 Å². The SMILES string of the molecule is CN=C(NCCc1ccc(C)cc1)NCCc1ccccc1OC.I. The van der Waals surface area contributed by atoms with Crippen molar-refractivity contribution in [1.29, 1.82) is 0 Å². The number of guanidine groups is 1. The number of para-hydroxylation sites is 1. The summed E-state index contributed by atoms with van der Waals surface area (Å²) in [6, 6.07) is 16.8. The Labute approximate surface area is 168 Å². The van der Waals surface area contributed by atoms with Gasteiger partial charge < -0.3 is 15.4 Å².